The van der Waals surface area contributed by atoms with Gasteiger partial charge in [0.25, 0.3) is 0 Å². The second kappa shape index (κ2) is 6.40. The summed E-state index contributed by atoms with van der Waals surface area (Å²) in [6.07, 6.45) is -3.22. The Labute approximate surface area is 142 Å². The minimum absolute atomic E-state index is 0.0874. The molecule has 0 fully saturated rings. The van der Waals surface area contributed by atoms with Crippen LogP contribution in [0.1, 0.15) is 18.1 Å². The second-order valence-electron chi connectivity index (χ2n) is 5.36. The number of ether oxygens (including phenoxy) is 2. The van der Waals surface area contributed by atoms with E-state index in [2.05, 4.69) is 0 Å². The summed E-state index contributed by atoms with van der Waals surface area (Å²) in [6.45, 7) is 2.04. The maximum absolute atomic E-state index is 12.8. The van der Waals surface area contributed by atoms with Crippen molar-refractivity contribution in [2.75, 3.05) is 0 Å². The molecule has 2 aromatic carbocycles. The Bertz CT molecular complexity index is 767. The van der Waals surface area contributed by atoms with Crippen molar-refractivity contribution in [3.63, 3.8) is 0 Å². The summed E-state index contributed by atoms with van der Waals surface area (Å²) in [6, 6.07) is 10.3. The number of fused-ring (bicyclic) bond motifs is 1. The van der Waals surface area contributed by atoms with Crippen molar-refractivity contribution in [3.8, 4) is 17.2 Å². The lowest BCUT2D eigenvalue weighted by Crippen LogP contribution is -2.33. The van der Waals surface area contributed by atoms with E-state index < -0.39 is 12.3 Å². The van der Waals surface area contributed by atoms with Gasteiger partial charge in [0.15, 0.2) is 0 Å². The molecule has 0 saturated carbocycles. The lowest BCUT2D eigenvalue weighted by atomic mass is 10.1. The topological polar surface area (TPSA) is 18.5 Å². The normalized spacial score (nSPS) is 16.5. The third-order valence-electron chi connectivity index (χ3n) is 3.65. The molecule has 0 N–H and O–H groups in total. The lowest BCUT2D eigenvalue weighted by molar-refractivity contribution is -0.180. The average Bonchev–Trinajstić information content (AvgIpc) is 2.55. The van der Waals surface area contributed by atoms with Gasteiger partial charge in [0.05, 0.1) is 5.02 Å². The van der Waals surface area contributed by atoms with E-state index >= 15 is 0 Å². The second-order valence-corrected chi connectivity index (χ2v) is 5.77. The van der Waals surface area contributed by atoms with Gasteiger partial charge in [-0.1, -0.05) is 36.7 Å². The minimum atomic E-state index is -4.47. The molecule has 1 unspecified atom stereocenters. The summed E-state index contributed by atoms with van der Waals surface area (Å²) in [5, 5.41) is 0.298. The Balaban J connectivity index is 1.87. The molecular weight excluding hydrogens is 341 g/mol. The van der Waals surface area contributed by atoms with E-state index in [0.717, 1.165) is 18.1 Å². The predicted molar refractivity (Wildman–Crippen MR) is 86.9 cm³/mol. The molecule has 0 saturated heterocycles. The minimum Gasteiger partial charge on any atom is -0.476 e. The van der Waals surface area contributed by atoms with Gasteiger partial charge in [-0.3, -0.25) is 0 Å². The lowest BCUT2D eigenvalue weighted by Gasteiger charge is -2.24. The number of aryl methyl sites for hydroxylation is 1. The van der Waals surface area contributed by atoms with E-state index in [1.54, 1.807) is 12.1 Å². The summed E-state index contributed by atoms with van der Waals surface area (Å²) < 4.78 is 49.1. The Morgan fingerprint density at radius 2 is 1.88 bits per heavy atom. The van der Waals surface area contributed by atoms with Crippen LogP contribution in [0.4, 0.5) is 13.2 Å². The van der Waals surface area contributed by atoms with E-state index in [9.17, 15) is 13.2 Å². The van der Waals surface area contributed by atoms with Gasteiger partial charge in [-0.15, -0.1) is 0 Å². The summed E-state index contributed by atoms with van der Waals surface area (Å²) in [5.41, 5.74) is 1.63. The first-order chi connectivity index (χ1) is 11.4. The molecule has 1 heterocycles. The van der Waals surface area contributed by atoms with Gasteiger partial charge in [-0.05, 0) is 36.3 Å². The predicted octanol–water partition coefficient (Wildman–Crippen LogP) is 6.03. The van der Waals surface area contributed by atoms with Crippen LogP contribution in [-0.4, -0.2) is 12.3 Å². The number of hydrogen-bond acceptors (Lipinski definition) is 2. The van der Waals surface area contributed by atoms with Crippen molar-refractivity contribution >= 4 is 17.7 Å². The fourth-order valence-corrected chi connectivity index (χ4v) is 2.53. The molecule has 24 heavy (non-hydrogen) atoms. The Hall–Kier alpha value is -2.14. The molecule has 0 spiro atoms. The summed E-state index contributed by atoms with van der Waals surface area (Å²) in [5.74, 6) is 0.882. The van der Waals surface area contributed by atoms with Crippen molar-refractivity contribution < 1.29 is 22.6 Å². The van der Waals surface area contributed by atoms with Gasteiger partial charge in [-0.2, -0.15) is 13.2 Å². The first-order valence-corrected chi connectivity index (χ1v) is 7.76. The quantitative estimate of drug-likeness (QED) is 0.669. The van der Waals surface area contributed by atoms with Gasteiger partial charge in [0, 0.05) is 11.6 Å². The van der Waals surface area contributed by atoms with E-state index in [1.165, 1.54) is 18.2 Å². The van der Waals surface area contributed by atoms with Crippen LogP contribution in [0.3, 0.4) is 0 Å². The molecule has 0 radical (unpaired) electrons. The van der Waals surface area contributed by atoms with Gasteiger partial charge >= 0.3 is 6.18 Å². The van der Waals surface area contributed by atoms with Gasteiger partial charge in [0.1, 0.15) is 17.2 Å². The largest absolute Gasteiger partial charge is 0.476 e. The molecule has 0 bridgehead atoms. The molecule has 1 atom stereocenters. The smallest absolute Gasteiger partial charge is 0.429 e. The number of alkyl halides is 3. The maximum Gasteiger partial charge on any atom is 0.429 e. The third kappa shape index (κ3) is 3.51. The van der Waals surface area contributed by atoms with Crippen molar-refractivity contribution in [3.05, 3.63) is 58.6 Å². The van der Waals surface area contributed by atoms with Gasteiger partial charge in [0.2, 0.25) is 6.10 Å². The Kier molecular flexibility index (Phi) is 4.45. The SMILES string of the molecule is CCc1ccc(Oc2cc3c(cc2Cl)C=CC(C(F)(F)F)O3)cc1. The van der Waals surface area contributed by atoms with E-state index in [-0.39, 0.29) is 11.5 Å². The molecule has 1 aliphatic heterocycles. The van der Waals surface area contributed by atoms with Gasteiger partial charge in [-0.25, -0.2) is 0 Å². The molecule has 3 rings (SSSR count). The van der Waals surface area contributed by atoms with Crippen LogP contribution in [0.15, 0.2) is 42.5 Å². The number of benzene rings is 2. The van der Waals surface area contributed by atoms with Crippen LogP contribution < -0.4 is 9.47 Å². The molecule has 1 aliphatic rings. The van der Waals surface area contributed by atoms with E-state index in [4.69, 9.17) is 21.1 Å². The Morgan fingerprint density at radius 1 is 1.17 bits per heavy atom. The highest BCUT2D eigenvalue weighted by Crippen LogP contribution is 2.40. The van der Waals surface area contributed by atoms with Crippen LogP contribution in [-0.2, 0) is 6.42 Å². The van der Waals surface area contributed by atoms with E-state index in [1.807, 2.05) is 19.1 Å². The zero-order chi connectivity index (χ0) is 17.3. The summed E-state index contributed by atoms with van der Waals surface area (Å²) in [7, 11) is 0. The summed E-state index contributed by atoms with van der Waals surface area (Å²) >= 11 is 6.16. The van der Waals surface area contributed by atoms with Crippen molar-refractivity contribution in [2.24, 2.45) is 0 Å². The maximum atomic E-state index is 12.8. The molecule has 2 nitrogen and oxygen atoms in total. The summed E-state index contributed by atoms with van der Waals surface area (Å²) in [4.78, 5) is 0. The zero-order valence-electron chi connectivity index (χ0n) is 12.7. The average molecular weight is 355 g/mol. The number of halogens is 4. The van der Waals surface area contributed by atoms with E-state index in [0.29, 0.717) is 16.3 Å². The van der Waals surface area contributed by atoms with Crippen molar-refractivity contribution in [1.29, 1.82) is 0 Å². The van der Waals surface area contributed by atoms with Crippen molar-refractivity contribution in [1.82, 2.24) is 0 Å². The molecule has 0 aromatic heterocycles. The Morgan fingerprint density at radius 3 is 2.50 bits per heavy atom. The number of hydrogen-bond donors (Lipinski definition) is 0. The molecular formula is C18H14ClF3O2. The van der Waals surface area contributed by atoms with Crippen LogP contribution in [0, 0.1) is 0 Å². The zero-order valence-corrected chi connectivity index (χ0v) is 13.5. The molecule has 0 aliphatic carbocycles. The fraction of sp³-hybridized carbons (Fsp3) is 0.222. The van der Waals surface area contributed by atoms with Crippen LogP contribution in [0.25, 0.3) is 6.08 Å². The van der Waals surface area contributed by atoms with Crippen LogP contribution in [0.5, 0.6) is 17.2 Å². The van der Waals surface area contributed by atoms with Gasteiger partial charge < -0.3 is 9.47 Å². The molecule has 0 amide bonds. The fourth-order valence-electron chi connectivity index (χ4n) is 2.32. The first-order valence-electron chi connectivity index (χ1n) is 7.38. The highest BCUT2D eigenvalue weighted by Gasteiger charge is 2.41. The highest BCUT2D eigenvalue weighted by molar-refractivity contribution is 6.32. The van der Waals surface area contributed by atoms with Crippen LogP contribution >= 0.6 is 11.6 Å². The molecule has 126 valence electrons. The monoisotopic (exact) mass is 354 g/mol. The third-order valence-corrected chi connectivity index (χ3v) is 3.95. The van der Waals surface area contributed by atoms with Crippen molar-refractivity contribution in [2.45, 2.75) is 25.6 Å². The van der Waals surface area contributed by atoms with Crippen LogP contribution in [0.2, 0.25) is 5.02 Å². The molecule has 2 aromatic rings. The molecule has 6 heteroatoms. The highest BCUT2D eigenvalue weighted by atomic mass is 35.5. The number of rotatable bonds is 3. The first kappa shape index (κ1) is 16.7. The standard InChI is InChI=1S/C18H14ClF3O2/c1-2-11-3-6-13(7-4-11)23-16-10-15-12(9-14(16)19)5-8-17(24-15)18(20,21)22/h3-10,17H,2H2,1H3.